The number of rotatable bonds is 52. The molecule has 1 aliphatic heterocycles. The van der Waals surface area contributed by atoms with Crippen LogP contribution in [0.3, 0.4) is 0 Å². The van der Waals surface area contributed by atoms with Crippen molar-refractivity contribution in [2.24, 2.45) is 0 Å². The molecule has 0 aromatic carbocycles. The van der Waals surface area contributed by atoms with Gasteiger partial charge in [0.05, 0.1) is 25.4 Å². The Morgan fingerprint density at radius 3 is 1.32 bits per heavy atom. The molecule has 1 rings (SSSR count). The summed E-state index contributed by atoms with van der Waals surface area (Å²) in [7, 11) is 0. The number of aliphatic hydroxyl groups excluding tert-OH is 5. The first-order valence-electron chi connectivity index (χ1n) is 32.1. The molecule has 0 aromatic heterocycles. The van der Waals surface area contributed by atoms with E-state index in [0.717, 1.165) is 135 Å². The maximum atomic E-state index is 13.4. The van der Waals surface area contributed by atoms with Crippen LogP contribution in [-0.4, -0.2) is 99.6 Å². The maximum Gasteiger partial charge on any atom is 0.306 e. The molecule has 0 bridgehead atoms. The highest BCUT2D eigenvalue weighted by Crippen LogP contribution is 2.26. The summed E-state index contributed by atoms with van der Waals surface area (Å²) in [5.41, 5.74) is 0. The van der Waals surface area contributed by atoms with Crippen LogP contribution in [0, 0.1) is 0 Å². The Hall–Kier alpha value is -4.46. The molecule has 0 radical (unpaired) electrons. The predicted octanol–water partition coefficient (Wildman–Crippen LogP) is 15.8. The minimum atomic E-state index is -1.65. The zero-order chi connectivity index (χ0) is 59.6. The second-order valence-electron chi connectivity index (χ2n) is 21.4. The SMILES string of the molecule is CC/C=C\C/C=C\C/C=C\C/C=C\C/C=C\C/C=C\CCCCC(=O)OC1C(OCC(NC(=O)C(O)CCCCCC/C=C\C/C=C\C/C=C\C/C=C\C/C=C\CC)C(O)/C=C/CCCCCCCCCCCC)OC(CO)C(O)C1O. The van der Waals surface area contributed by atoms with E-state index in [-0.39, 0.29) is 19.4 Å². The molecule has 1 amide bonds. The van der Waals surface area contributed by atoms with Crippen LogP contribution in [-0.2, 0) is 23.8 Å². The van der Waals surface area contributed by atoms with Gasteiger partial charge in [0.15, 0.2) is 12.4 Å². The number of amides is 1. The molecule has 11 nitrogen and oxygen atoms in total. The van der Waals surface area contributed by atoms with Crippen molar-refractivity contribution in [3.63, 3.8) is 0 Å². The zero-order valence-corrected chi connectivity index (χ0v) is 51.3. The molecule has 82 heavy (non-hydrogen) atoms. The Morgan fingerprint density at radius 2 is 0.878 bits per heavy atom. The van der Waals surface area contributed by atoms with Crippen LogP contribution in [0.1, 0.15) is 226 Å². The van der Waals surface area contributed by atoms with Gasteiger partial charge in [-0.2, -0.15) is 0 Å². The standard InChI is InChI=1S/C71H115NO10/c1-4-7-10-13-16-19-22-25-27-29-31-33-35-37-39-41-44-47-50-53-56-59-66(76)82-69-68(78)67(77)65(60-73)81-71(69)80-61-62(63(74)57-54-51-48-45-42-24-21-18-15-12-9-6-3)72-70(79)64(75)58-55-52-49-46-43-40-38-36-34-32-30-28-26-23-20-17-14-11-8-5-2/h7-8,10-11,16-17,19-20,25-28,31-34,37-40,44,47,54,57,62-65,67-69,71,73-75,77-78H,4-6,9,12-15,18,21-24,29-30,35-36,41-43,45-46,48-53,55-56,58-61H2,1-3H3,(H,72,79)/b10-7-,11-8-,19-16-,20-17-,27-25-,28-26-,33-31-,34-32-,39-37-,40-38-,47-44-,57-54+. The van der Waals surface area contributed by atoms with Crippen molar-refractivity contribution < 1.29 is 49.3 Å². The number of aliphatic hydroxyl groups is 5. The summed E-state index contributed by atoms with van der Waals surface area (Å²) in [6, 6.07) is -1.06. The summed E-state index contributed by atoms with van der Waals surface area (Å²) in [5.74, 6) is -1.27. The van der Waals surface area contributed by atoms with Gasteiger partial charge in [0.25, 0.3) is 0 Å². The van der Waals surface area contributed by atoms with E-state index in [1.54, 1.807) is 6.08 Å². The Bertz CT molecular complexity index is 1890. The number of unbranched alkanes of at least 4 members (excludes halogenated alkanes) is 16. The average Bonchev–Trinajstić information content (AvgIpc) is 3.44. The minimum absolute atomic E-state index is 0.0570. The van der Waals surface area contributed by atoms with Gasteiger partial charge >= 0.3 is 5.97 Å². The normalized spacial score (nSPS) is 19.6. The van der Waals surface area contributed by atoms with Crippen LogP contribution in [0.25, 0.3) is 0 Å². The fourth-order valence-electron chi connectivity index (χ4n) is 8.97. The smallest absolute Gasteiger partial charge is 0.306 e. The van der Waals surface area contributed by atoms with E-state index in [1.165, 1.54) is 44.9 Å². The highest BCUT2D eigenvalue weighted by atomic mass is 16.7. The molecule has 0 aromatic rings. The summed E-state index contributed by atoms with van der Waals surface area (Å²) < 4.78 is 17.6. The molecule has 8 atom stereocenters. The van der Waals surface area contributed by atoms with Crippen molar-refractivity contribution in [2.75, 3.05) is 13.2 Å². The van der Waals surface area contributed by atoms with Crippen molar-refractivity contribution in [1.82, 2.24) is 5.32 Å². The quantitative estimate of drug-likeness (QED) is 0.0195. The number of ether oxygens (including phenoxy) is 3. The topological polar surface area (TPSA) is 175 Å². The molecule has 6 N–H and O–H groups in total. The Balaban J connectivity index is 2.72. The monoisotopic (exact) mass is 1140 g/mol. The van der Waals surface area contributed by atoms with Gasteiger partial charge in [0.1, 0.15) is 24.4 Å². The summed E-state index contributed by atoms with van der Waals surface area (Å²) in [4.78, 5) is 26.6. The van der Waals surface area contributed by atoms with Crippen LogP contribution in [0.5, 0.6) is 0 Å². The lowest BCUT2D eigenvalue weighted by Crippen LogP contribution is -2.61. The number of hydrogen-bond donors (Lipinski definition) is 6. The van der Waals surface area contributed by atoms with Gasteiger partial charge in [-0.3, -0.25) is 9.59 Å². The number of hydrogen-bond acceptors (Lipinski definition) is 10. The van der Waals surface area contributed by atoms with Crippen molar-refractivity contribution in [1.29, 1.82) is 0 Å². The van der Waals surface area contributed by atoms with E-state index >= 15 is 0 Å². The fraction of sp³-hybridized carbons (Fsp3) is 0.634. The van der Waals surface area contributed by atoms with E-state index in [4.69, 9.17) is 14.2 Å². The van der Waals surface area contributed by atoms with Gasteiger partial charge in [-0.1, -0.05) is 244 Å². The van der Waals surface area contributed by atoms with Crippen LogP contribution in [0.2, 0.25) is 0 Å². The van der Waals surface area contributed by atoms with Gasteiger partial charge in [-0.15, -0.1) is 0 Å². The van der Waals surface area contributed by atoms with Crippen molar-refractivity contribution >= 4 is 11.9 Å². The number of carbonyl (C=O) groups excluding carboxylic acids is 2. The maximum absolute atomic E-state index is 13.4. The Kier molecular flexibility index (Phi) is 52.5. The number of nitrogens with one attached hydrogen (secondary N) is 1. The predicted molar refractivity (Wildman–Crippen MR) is 342 cm³/mol. The largest absolute Gasteiger partial charge is 0.454 e. The van der Waals surface area contributed by atoms with E-state index in [1.807, 2.05) is 6.08 Å². The molecular weight excluding hydrogens is 1030 g/mol. The summed E-state index contributed by atoms with van der Waals surface area (Å²) in [6.45, 7) is 5.51. The molecular formula is C71H115NO10. The van der Waals surface area contributed by atoms with Gasteiger partial charge < -0.3 is 45.1 Å². The fourth-order valence-corrected chi connectivity index (χ4v) is 8.97. The van der Waals surface area contributed by atoms with Crippen LogP contribution in [0.4, 0.5) is 0 Å². The highest BCUT2D eigenvalue weighted by Gasteiger charge is 2.47. The first kappa shape index (κ1) is 75.6. The van der Waals surface area contributed by atoms with Crippen molar-refractivity contribution in [3.05, 3.63) is 146 Å². The molecule has 0 saturated carbocycles. The number of carbonyl (C=O) groups is 2. The first-order valence-corrected chi connectivity index (χ1v) is 32.1. The van der Waals surface area contributed by atoms with Crippen molar-refractivity contribution in [3.8, 4) is 0 Å². The summed E-state index contributed by atoms with van der Waals surface area (Å²) in [6.07, 6.45) is 71.6. The molecule has 1 saturated heterocycles. The molecule has 0 aliphatic carbocycles. The third-order valence-electron chi connectivity index (χ3n) is 14.0. The highest BCUT2D eigenvalue weighted by molar-refractivity contribution is 5.80. The van der Waals surface area contributed by atoms with Crippen LogP contribution < -0.4 is 5.32 Å². The molecule has 11 heteroatoms. The Morgan fingerprint density at radius 1 is 0.488 bits per heavy atom. The lowest BCUT2D eigenvalue weighted by atomic mass is 9.99. The summed E-state index contributed by atoms with van der Waals surface area (Å²) >= 11 is 0. The third-order valence-corrected chi connectivity index (χ3v) is 14.0. The molecule has 1 fully saturated rings. The number of esters is 1. The molecule has 0 spiro atoms. The molecule has 8 unspecified atom stereocenters. The van der Waals surface area contributed by atoms with Gasteiger partial charge in [0.2, 0.25) is 5.91 Å². The van der Waals surface area contributed by atoms with E-state index in [0.29, 0.717) is 12.8 Å². The van der Waals surface area contributed by atoms with Gasteiger partial charge in [-0.25, -0.2) is 0 Å². The zero-order valence-electron chi connectivity index (χ0n) is 51.3. The molecule has 464 valence electrons. The van der Waals surface area contributed by atoms with E-state index in [9.17, 15) is 35.1 Å². The van der Waals surface area contributed by atoms with E-state index in [2.05, 4.69) is 160 Å². The van der Waals surface area contributed by atoms with Crippen LogP contribution >= 0.6 is 0 Å². The number of allylic oxidation sites excluding steroid dienone is 23. The molecule has 1 aliphatic rings. The minimum Gasteiger partial charge on any atom is -0.454 e. The molecule has 1 heterocycles. The van der Waals surface area contributed by atoms with Gasteiger partial charge in [0, 0.05) is 6.42 Å². The third kappa shape index (κ3) is 44.1. The Labute approximate surface area is 498 Å². The van der Waals surface area contributed by atoms with Crippen molar-refractivity contribution in [2.45, 2.75) is 275 Å². The summed E-state index contributed by atoms with van der Waals surface area (Å²) in [5, 5.41) is 57.0. The second-order valence-corrected chi connectivity index (χ2v) is 21.4. The average molecular weight is 1140 g/mol. The van der Waals surface area contributed by atoms with Crippen LogP contribution in [0.15, 0.2) is 146 Å². The second kappa shape index (κ2) is 57.0. The first-order chi connectivity index (χ1) is 40.2. The van der Waals surface area contributed by atoms with E-state index < -0.39 is 67.4 Å². The lowest BCUT2D eigenvalue weighted by Gasteiger charge is -2.41. The lowest BCUT2D eigenvalue weighted by molar-refractivity contribution is -0.305. The van der Waals surface area contributed by atoms with Gasteiger partial charge in [-0.05, 0) is 122 Å².